The van der Waals surface area contributed by atoms with Gasteiger partial charge in [0.25, 0.3) is 0 Å². The van der Waals surface area contributed by atoms with Crippen molar-refractivity contribution in [2.45, 2.75) is 37.5 Å². The number of para-hydroxylation sites is 1. The van der Waals surface area contributed by atoms with Crippen molar-refractivity contribution in [3.63, 3.8) is 0 Å². The van der Waals surface area contributed by atoms with Crippen LogP contribution in [-0.4, -0.2) is 38.8 Å². The van der Waals surface area contributed by atoms with Crippen LogP contribution in [0.4, 0.5) is 5.82 Å². The lowest BCUT2D eigenvalue weighted by Gasteiger charge is -2.19. The number of hydrogen-bond donors (Lipinski definition) is 1. The number of hydrogen-bond acceptors (Lipinski definition) is 5. The number of aromatic nitrogens is 3. The van der Waals surface area contributed by atoms with E-state index in [4.69, 9.17) is 10.7 Å². The van der Waals surface area contributed by atoms with Crippen molar-refractivity contribution in [2.75, 3.05) is 25.1 Å². The van der Waals surface area contributed by atoms with Gasteiger partial charge in [0.15, 0.2) is 11.0 Å². The monoisotopic (exact) mass is 417 g/mol. The van der Waals surface area contributed by atoms with Gasteiger partial charge in [0.05, 0.1) is 17.1 Å². The van der Waals surface area contributed by atoms with Gasteiger partial charge in [-0.1, -0.05) is 54.2 Å². The normalized spacial score (nSPS) is 15.9. The molecule has 2 aromatic heterocycles. The van der Waals surface area contributed by atoms with Crippen LogP contribution in [0.2, 0.25) is 0 Å². The lowest BCUT2D eigenvalue weighted by molar-refractivity contribution is 0.331. The second kappa shape index (κ2) is 7.93. The molecule has 0 amide bonds. The summed E-state index contributed by atoms with van der Waals surface area (Å²) in [6.45, 7) is 5.73. The Labute approximate surface area is 181 Å². The van der Waals surface area contributed by atoms with Crippen molar-refractivity contribution >= 4 is 39.5 Å². The molecule has 0 spiro atoms. The number of anilines is 1. The van der Waals surface area contributed by atoms with Crippen molar-refractivity contribution in [2.24, 2.45) is 0 Å². The molecular weight excluding hydrogens is 390 g/mol. The number of pyridine rings is 1. The van der Waals surface area contributed by atoms with Gasteiger partial charge in [-0.05, 0) is 56.3 Å². The molecule has 1 aliphatic rings. The van der Waals surface area contributed by atoms with Crippen molar-refractivity contribution < 1.29 is 0 Å². The molecule has 1 atom stereocenters. The van der Waals surface area contributed by atoms with Gasteiger partial charge in [0.2, 0.25) is 0 Å². The van der Waals surface area contributed by atoms with Crippen molar-refractivity contribution in [3.8, 4) is 0 Å². The first-order valence-corrected chi connectivity index (χ1v) is 11.8. The van der Waals surface area contributed by atoms with E-state index >= 15 is 0 Å². The fraction of sp³-hybridized carbons (Fsp3) is 0.333. The Kier molecular flexibility index (Phi) is 5.13. The van der Waals surface area contributed by atoms with Crippen molar-refractivity contribution in [1.82, 2.24) is 19.4 Å². The summed E-state index contributed by atoms with van der Waals surface area (Å²) in [7, 11) is 0. The van der Waals surface area contributed by atoms with E-state index in [0.29, 0.717) is 5.82 Å². The minimum Gasteiger partial charge on any atom is -0.382 e. The number of rotatable bonds is 5. The lowest BCUT2D eigenvalue weighted by atomic mass is 10.0. The molecular formula is C24H27N5S. The highest BCUT2D eigenvalue weighted by molar-refractivity contribution is 7.98. The van der Waals surface area contributed by atoms with E-state index in [0.717, 1.165) is 33.6 Å². The Morgan fingerprint density at radius 2 is 1.77 bits per heavy atom. The Morgan fingerprint density at radius 1 is 1.03 bits per heavy atom. The summed E-state index contributed by atoms with van der Waals surface area (Å²) in [6, 6.07) is 17.4. The van der Waals surface area contributed by atoms with Crippen LogP contribution in [0.1, 0.15) is 36.9 Å². The highest BCUT2D eigenvalue weighted by Crippen LogP contribution is 2.35. The Balaban J connectivity index is 1.58. The molecule has 4 aromatic rings. The zero-order valence-electron chi connectivity index (χ0n) is 17.5. The molecule has 0 bridgehead atoms. The third-order valence-corrected chi connectivity index (χ3v) is 6.81. The molecule has 1 fully saturated rings. The van der Waals surface area contributed by atoms with Crippen molar-refractivity contribution in [1.29, 1.82) is 0 Å². The molecule has 5 rings (SSSR count). The quantitative estimate of drug-likeness (QED) is 0.458. The summed E-state index contributed by atoms with van der Waals surface area (Å²) in [5.74, 6) is 0.492. The number of likely N-dealkylation sites (tertiary alicyclic amines) is 1. The number of benzene rings is 2. The van der Waals surface area contributed by atoms with Crippen LogP contribution in [0.15, 0.2) is 53.7 Å². The predicted octanol–water partition coefficient (Wildman–Crippen LogP) is 5.09. The molecule has 154 valence electrons. The second-order valence-corrected chi connectivity index (χ2v) is 8.85. The fourth-order valence-electron chi connectivity index (χ4n) is 4.56. The van der Waals surface area contributed by atoms with Crippen LogP contribution in [0.5, 0.6) is 0 Å². The molecule has 3 heterocycles. The van der Waals surface area contributed by atoms with Gasteiger partial charge >= 0.3 is 0 Å². The molecule has 6 heteroatoms. The van der Waals surface area contributed by atoms with E-state index in [1.165, 1.54) is 37.1 Å². The summed E-state index contributed by atoms with van der Waals surface area (Å²) < 4.78 is 2.32. The molecule has 2 aromatic carbocycles. The van der Waals surface area contributed by atoms with Gasteiger partial charge < -0.3 is 10.3 Å². The molecule has 2 N–H and O–H groups in total. The van der Waals surface area contributed by atoms with E-state index in [2.05, 4.69) is 58.0 Å². The lowest BCUT2D eigenvalue weighted by Crippen LogP contribution is -2.18. The Bertz CT molecular complexity index is 1190. The molecule has 0 aliphatic carbocycles. The molecule has 5 nitrogen and oxygen atoms in total. The Morgan fingerprint density at radius 3 is 2.50 bits per heavy atom. The number of imidazole rings is 1. The molecule has 0 radical (unpaired) electrons. The maximum absolute atomic E-state index is 6.29. The van der Waals surface area contributed by atoms with Gasteiger partial charge in [0.1, 0.15) is 5.52 Å². The smallest absolute Gasteiger partial charge is 0.169 e. The third-order valence-electron chi connectivity index (χ3n) is 6.16. The van der Waals surface area contributed by atoms with Crippen molar-refractivity contribution in [3.05, 3.63) is 59.7 Å². The van der Waals surface area contributed by atoms with Gasteiger partial charge in [0, 0.05) is 11.9 Å². The van der Waals surface area contributed by atoms with E-state index in [1.807, 2.05) is 18.2 Å². The van der Waals surface area contributed by atoms with Gasteiger partial charge in [-0.15, -0.1) is 0 Å². The average molecular weight is 418 g/mol. The highest BCUT2D eigenvalue weighted by atomic mass is 32.2. The maximum atomic E-state index is 6.29. The van der Waals surface area contributed by atoms with Gasteiger partial charge in [-0.3, -0.25) is 4.90 Å². The minimum atomic E-state index is 0.142. The topological polar surface area (TPSA) is 60.0 Å². The number of nitrogen functional groups attached to an aromatic ring is 1. The van der Waals surface area contributed by atoms with Crippen LogP contribution < -0.4 is 5.73 Å². The molecule has 0 unspecified atom stereocenters. The predicted molar refractivity (Wildman–Crippen MR) is 126 cm³/mol. The van der Waals surface area contributed by atoms with Crippen LogP contribution in [0.3, 0.4) is 0 Å². The average Bonchev–Trinajstić information content (AvgIpc) is 3.42. The Hall–Kier alpha value is -2.57. The van der Waals surface area contributed by atoms with Crippen LogP contribution >= 0.6 is 11.8 Å². The number of thioether (sulfide) groups is 1. The maximum Gasteiger partial charge on any atom is 0.169 e. The van der Waals surface area contributed by atoms with E-state index in [1.54, 1.807) is 11.8 Å². The fourth-order valence-corrected chi connectivity index (χ4v) is 5.18. The van der Waals surface area contributed by atoms with Gasteiger partial charge in [-0.2, -0.15) is 0 Å². The third kappa shape index (κ3) is 3.34. The van der Waals surface area contributed by atoms with E-state index in [-0.39, 0.29) is 6.04 Å². The molecule has 1 aliphatic heterocycles. The summed E-state index contributed by atoms with van der Waals surface area (Å²) in [5.41, 5.74) is 11.7. The van der Waals surface area contributed by atoms with Crippen LogP contribution in [0.25, 0.3) is 21.9 Å². The van der Waals surface area contributed by atoms with Crippen LogP contribution in [0, 0.1) is 0 Å². The minimum absolute atomic E-state index is 0.142. The first-order valence-electron chi connectivity index (χ1n) is 10.6. The number of nitrogens with zero attached hydrogens (tertiary/aromatic N) is 4. The molecule has 0 saturated carbocycles. The van der Waals surface area contributed by atoms with E-state index in [9.17, 15) is 0 Å². The SMILES string of the molecule is CSc1nc2c(N)nc3ccccc3c2n1[C@@H](C)c1ccc(CN2CCCC2)cc1. The largest absolute Gasteiger partial charge is 0.382 e. The zero-order chi connectivity index (χ0) is 20.7. The second-order valence-electron chi connectivity index (χ2n) is 8.08. The highest BCUT2D eigenvalue weighted by Gasteiger charge is 2.21. The zero-order valence-corrected chi connectivity index (χ0v) is 18.3. The van der Waals surface area contributed by atoms with Gasteiger partial charge in [-0.25, -0.2) is 9.97 Å². The standard InChI is InChI=1S/C24H27N5S/c1-16(18-11-9-17(10-12-18)15-28-13-5-6-14-28)29-22-19-7-3-4-8-20(19)26-23(25)21(22)27-24(29)30-2/h3-4,7-12,16H,5-6,13-15H2,1-2H3,(H2,25,26)/t16-/m0/s1. The molecule has 30 heavy (non-hydrogen) atoms. The summed E-state index contributed by atoms with van der Waals surface area (Å²) in [5, 5.41) is 2.05. The summed E-state index contributed by atoms with van der Waals surface area (Å²) in [4.78, 5) is 12.0. The molecule has 1 saturated heterocycles. The van der Waals surface area contributed by atoms with E-state index < -0.39 is 0 Å². The summed E-state index contributed by atoms with van der Waals surface area (Å²) >= 11 is 1.65. The number of fused-ring (bicyclic) bond motifs is 3. The first kappa shape index (κ1) is 19.4. The first-order chi connectivity index (χ1) is 14.7. The summed E-state index contributed by atoms with van der Waals surface area (Å²) in [6.07, 6.45) is 4.72. The van der Waals surface area contributed by atoms with Crippen LogP contribution in [-0.2, 0) is 6.54 Å². The number of nitrogens with two attached hydrogens (primary N) is 1.